The summed E-state index contributed by atoms with van der Waals surface area (Å²) < 4.78 is 2.21. The van der Waals surface area contributed by atoms with Crippen molar-refractivity contribution in [2.24, 2.45) is 0 Å². The summed E-state index contributed by atoms with van der Waals surface area (Å²) in [5.41, 5.74) is 2.56. The van der Waals surface area contributed by atoms with Gasteiger partial charge in [0.2, 0.25) is 0 Å². The minimum Gasteiger partial charge on any atom is -0.390 e. The summed E-state index contributed by atoms with van der Waals surface area (Å²) in [5, 5.41) is 15.7. The highest BCUT2D eigenvalue weighted by Crippen LogP contribution is 2.41. The number of imidazole rings is 1. The van der Waals surface area contributed by atoms with Crippen LogP contribution in [0.5, 0.6) is 0 Å². The number of thiazole rings is 1. The number of β-amino-alcohol motifs (C(OH)–C–C–N with tert-alkyl or cyclic N) is 1. The summed E-state index contributed by atoms with van der Waals surface area (Å²) in [6, 6.07) is 0. The molecule has 3 heterocycles. The normalized spacial score (nSPS) is 21.0. The van der Waals surface area contributed by atoms with Crippen LogP contribution in [0.25, 0.3) is 4.96 Å². The van der Waals surface area contributed by atoms with Gasteiger partial charge in [-0.2, -0.15) is 0 Å². The first-order valence-electron chi connectivity index (χ1n) is 8.36. The standard InChI is InChI=1S/C16H24N4OS/c21-13(11-19-5-1-2-6-19)9-17-10-14-15(12-3-4-12)18-16-20(14)7-8-22-16/h7-8,12-13,17,21H,1-6,9-11H2. The van der Waals surface area contributed by atoms with Crippen LogP contribution in [0.2, 0.25) is 0 Å². The van der Waals surface area contributed by atoms with Gasteiger partial charge in [0.25, 0.3) is 0 Å². The third-order valence-electron chi connectivity index (χ3n) is 4.70. The topological polar surface area (TPSA) is 52.8 Å². The maximum absolute atomic E-state index is 10.2. The van der Waals surface area contributed by atoms with E-state index in [2.05, 4.69) is 26.2 Å². The maximum atomic E-state index is 10.2. The molecular formula is C16H24N4OS. The Morgan fingerprint density at radius 2 is 2.18 bits per heavy atom. The van der Waals surface area contributed by atoms with Gasteiger partial charge < -0.3 is 15.3 Å². The third kappa shape index (κ3) is 3.06. The Hall–Kier alpha value is -0.950. The van der Waals surface area contributed by atoms with Crippen molar-refractivity contribution in [1.29, 1.82) is 0 Å². The lowest BCUT2D eigenvalue weighted by Gasteiger charge is -2.19. The number of aliphatic hydroxyl groups is 1. The third-order valence-corrected chi connectivity index (χ3v) is 5.45. The first kappa shape index (κ1) is 14.6. The van der Waals surface area contributed by atoms with E-state index in [1.54, 1.807) is 11.3 Å². The molecule has 2 aromatic rings. The van der Waals surface area contributed by atoms with E-state index >= 15 is 0 Å². The molecule has 0 radical (unpaired) electrons. The fourth-order valence-electron chi connectivity index (χ4n) is 3.39. The van der Waals surface area contributed by atoms with Gasteiger partial charge in [-0.3, -0.25) is 4.40 Å². The second kappa shape index (κ2) is 6.28. The molecular weight excluding hydrogens is 296 g/mol. The van der Waals surface area contributed by atoms with Gasteiger partial charge >= 0.3 is 0 Å². The Morgan fingerprint density at radius 3 is 2.95 bits per heavy atom. The van der Waals surface area contributed by atoms with Gasteiger partial charge in [-0.1, -0.05) is 0 Å². The van der Waals surface area contributed by atoms with Crippen LogP contribution in [0.1, 0.15) is 43.0 Å². The van der Waals surface area contributed by atoms with Crippen molar-refractivity contribution in [2.45, 2.75) is 44.2 Å². The van der Waals surface area contributed by atoms with Crippen LogP contribution in [-0.4, -0.2) is 51.7 Å². The molecule has 0 amide bonds. The van der Waals surface area contributed by atoms with Crippen LogP contribution >= 0.6 is 11.3 Å². The van der Waals surface area contributed by atoms with Gasteiger partial charge in [0.1, 0.15) is 0 Å². The molecule has 1 atom stereocenters. The van der Waals surface area contributed by atoms with Crippen LogP contribution < -0.4 is 5.32 Å². The predicted octanol–water partition coefficient (Wildman–Crippen LogP) is 1.82. The van der Waals surface area contributed by atoms with Crippen molar-refractivity contribution in [3.8, 4) is 0 Å². The van der Waals surface area contributed by atoms with Crippen LogP contribution in [0.4, 0.5) is 0 Å². The SMILES string of the molecule is OC(CNCc1c(C2CC2)nc2sccn12)CN1CCCC1. The Labute approximate surface area is 135 Å². The smallest absolute Gasteiger partial charge is 0.194 e. The Morgan fingerprint density at radius 1 is 1.36 bits per heavy atom. The second-order valence-corrected chi connectivity index (χ2v) is 7.44. The van der Waals surface area contributed by atoms with E-state index in [-0.39, 0.29) is 6.10 Å². The van der Waals surface area contributed by atoms with Gasteiger partial charge in [-0.05, 0) is 38.8 Å². The number of aliphatic hydroxyl groups excluding tert-OH is 1. The summed E-state index contributed by atoms with van der Waals surface area (Å²) in [6.45, 7) is 4.52. The second-order valence-electron chi connectivity index (χ2n) is 6.57. The maximum Gasteiger partial charge on any atom is 0.194 e. The molecule has 2 fully saturated rings. The number of fused-ring (bicyclic) bond motifs is 1. The van der Waals surface area contributed by atoms with Crippen molar-refractivity contribution in [3.63, 3.8) is 0 Å². The number of nitrogens with one attached hydrogen (secondary N) is 1. The molecule has 4 rings (SSSR count). The zero-order chi connectivity index (χ0) is 14.9. The molecule has 120 valence electrons. The number of hydrogen-bond acceptors (Lipinski definition) is 5. The van der Waals surface area contributed by atoms with Crippen LogP contribution in [0.15, 0.2) is 11.6 Å². The van der Waals surface area contributed by atoms with Gasteiger partial charge in [-0.15, -0.1) is 11.3 Å². The van der Waals surface area contributed by atoms with Crippen molar-refractivity contribution < 1.29 is 5.11 Å². The molecule has 6 heteroatoms. The average Bonchev–Trinajstić information content (AvgIpc) is 2.91. The Kier molecular flexibility index (Phi) is 4.17. The van der Waals surface area contributed by atoms with Crippen molar-refractivity contribution >= 4 is 16.3 Å². The van der Waals surface area contributed by atoms with Crippen molar-refractivity contribution in [1.82, 2.24) is 19.6 Å². The highest BCUT2D eigenvalue weighted by Gasteiger charge is 2.30. The molecule has 0 spiro atoms. The molecule has 1 saturated heterocycles. The zero-order valence-electron chi connectivity index (χ0n) is 12.9. The minimum atomic E-state index is -0.284. The largest absolute Gasteiger partial charge is 0.390 e. The fourth-order valence-corrected chi connectivity index (χ4v) is 4.13. The summed E-state index contributed by atoms with van der Waals surface area (Å²) in [4.78, 5) is 8.24. The van der Waals surface area contributed by atoms with Crippen LogP contribution in [0.3, 0.4) is 0 Å². The number of likely N-dealkylation sites (tertiary alicyclic amines) is 1. The van der Waals surface area contributed by atoms with Gasteiger partial charge in [0.05, 0.1) is 17.5 Å². The number of aromatic nitrogens is 2. The quantitative estimate of drug-likeness (QED) is 0.817. The van der Waals surface area contributed by atoms with E-state index in [0.717, 1.165) is 31.1 Å². The highest BCUT2D eigenvalue weighted by molar-refractivity contribution is 7.15. The molecule has 0 aromatic carbocycles. The van der Waals surface area contributed by atoms with E-state index in [4.69, 9.17) is 4.98 Å². The van der Waals surface area contributed by atoms with Crippen LogP contribution in [0, 0.1) is 0 Å². The lowest BCUT2D eigenvalue weighted by Crippen LogP contribution is -2.37. The van der Waals surface area contributed by atoms with E-state index in [1.807, 2.05) is 0 Å². The molecule has 1 aliphatic heterocycles. The highest BCUT2D eigenvalue weighted by atomic mass is 32.1. The molecule has 2 aromatic heterocycles. The van der Waals surface area contributed by atoms with Crippen LogP contribution in [-0.2, 0) is 6.54 Å². The number of nitrogens with zero attached hydrogens (tertiary/aromatic N) is 3. The van der Waals surface area contributed by atoms with E-state index < -0.39 is 0 Å². The van der Waals surface area contributed by atoms with Gasteiger partial charge in [0.15, 0.2) is 4.96 Å². The molecule has 1 saturated carbocycles. The van der Waals surface area contributed by atoms with E-state index in [1.165, 1.54) is 37.1 Å². The van der Waals surface area contributed by atoms with Gasteiger partial charge in [0, 0.05) is 37.1 Å². The molecule has 5 nitrogen and oxygen atoms in total. The monoisotopic (exact) mass is 320 g/mol. The Balaban J connectivity index is 1.34. The first-order chi connectivity index (χ1) is 10.8. The molecule has 22 heavy (non-hydrogen) atoms. The molecule has 1 aliphatic carbocycles. The molecule has 1 unspecified atom stereocenters. The van der Waals surface area contributed by atoms with Crippen molar-refractivity contribution in [2.75, 3.05) is 26.2 Å². The number of rotatable bonds is 7. The zero-order valence-corrected chi connectivity index (χ0v) is 13.7. The number of hydrogen-bond donors (Lipinski definition) is 2. The predicted molar refractivity (Wildman–Crippen MR) is 88.4 cm³/mol. The molecule has 0 bridgehead atoms. The summed E-state index contributed by atoms with van der Waals surface area (Å²) in [5.74, 6) is 0.665. The average molecular weight is 320 g/mol. The first-order valence-corrected chi connectivity index (χ1v) is 9.24. The summed E-state index contributed by atoms with van der Waals surface area (Å²) >= 11 is 1.70. The fraction of sp³-hybridized carbons (Fsp3) is 0.688. The Bertz CT molecular complexity index is 627. The molecule has 2 N–H and O–H groups in total. The van der Waals surface area contributed by atoms with Gasteiger partial charge in [-0.25, -0.2) is 4.98 Å². The minimum absolute atomic E-state index is 0.284. The summed E-state index contributed by atoms with van der Waals surface area (Å²) in [7, 11) is 0. The molecule has 2 aliphatic rings. The van der Waals surface area contributed by atoms with E-state index in [9.17, 15) is 5.11 Å². The lowest BCUT2D eigenvalue weighted by atomic mass is 10.2. The lowest BCUT2D eigenvalue weighted by molar-refractivity contribution is 0.123. The van der Waals surface area contributed by atoms with E-state index in [0.29, 0.717) is 12.5 Å². The van der Waals surface area contributed by atoms with Crippen molar-refractivity contribution in [3.05, 3.63) is 23.0 Å². The summed E-state index contributed by atoms with van der Waals surface area (Å²) in [6.07, 6.45) is 6.92.